The van der Waals surface area contributed by atoms with Gasteiger partial charge in [0.15, 0.2) is 12.0 Å². The Morgan fingerprint density at radius 1 is 1.41 bits per heavy atom. The number of Topliss-reactive ketones (excluding diaryl/α,β-unsaturated/α-hetero) is 1. The Balaban J connectivity index is 2.67. The molecule has 1 aliphatic rings. The van der Waals surface area contributed by atoms with Crippen LogP contribution in [0.4, 0.5) is 4.79 Å². The van der Waals surface area contributed by atoms with Crippen molar-refractivity contribution in [3.63, 3.8) is 0 Å². The minimum absolute atomic E-state index is 0.351. The van der Waals surface area contributed by atoms with Crippen molar-refractivity contribution in [1.29, 1.82) is 0 Å². The highest BCUT2D eigenvalue weighted by Gasteiger charge is 2.36. The highest BCUT2D eigenvalue weighted by molar-refractivity contribution is 7.52. The zero-order valence-electron chi connectivity index (χ0n) is 8.90. The van der Waals surface area contributed by atoms with Gasteiger partial charge < -0.3 is 19.6 Å². The van der Waals surface area contributed by atoms with E-state index in [2.05, 4.69) is 10.1 Å². The minimum Gasteiger partial charge on any atom is -0.450 e. The summed E-state index contributed by atoms with van der Waals surface area (Å²) in [6, 6.07) is 0. The van der Waals surface area contributed by atoms with E-state index >= 15 is 0 Å². The van der Waals surface area contributed by atoms with Gasteiger partial charge in [-0.25, -0.2) is 4.79 Å². The molecule has 1 fully saturated rings. The van der Waals surface area contributed by atoms with E-state index in [1.54, 1.807) is 0 Å². The molecule has 98 valence electrons. The molecule has 0 spiro atoms. The molecule has 1 rings (SSSR count). The highest BCUT2D eigenvalue weighted by atomic mass is 31.2. The Labute approximate surface area is 97.1 Å². The SMILES string of the molecule is O=C(O)O[C@H]1NCCC[C@@H]1C(=O)CP(=O)(O)O. The largest absolute Gasteiger partial charge is 0.507 e. The van der Waals surface area contributed by atoms with Crippen LogP contribution in [0.3, 0.4) is 0 Å². The summed E-state index contributed by atoms with van der Waals surface area (Å²) >= 11 is 0. The second-order valence-corrected chi connectivity index (χ2v) is 5.44. The van der Waals surface area contributed by atoms with E-state index in [9.17, 15) is 14.2 Å². The van der Waals surface area contributed by atoms with E-state index < -0.39 is 37.8 Å². The molecule has 1 aliphatic heterocycles. The van der Waals surface area contributed by atoms with E-state index in [0.717, 1.165) is 0 Å². The number of carbonyl (C=O) groups is 2. The molecular formula is C8H14NO7P. The number of ether oxygens (including phenoxy) is 1. The number of piperidine rings is 1. The predicted octanol–water partition coefficient (Wildman–Crippen LogP) is -0.247. The fraction of sp³-hybridized carbons (Fsp3) is 0.750. The standard InChI is InChI=1S/C8H14NO7P/c10-6(4-17(13,14)15)5-2-1-3-9-7(5)16-8(11)12/h5,7,9H,1-4H2,(H,11,12)(H2,13,14,15)/t5-,7-/m1/s1. The molecule has 1 heterocycles. The maximum atomic E-state index is 11.6. The van der Waals surface area contributed by atoms with E-state index in [-0.39, 0.29) is 0 Å². The van der Waals surface area contributed by atoms with Gasteiger partial charge in [0, 0.05) is 0 Å². The Morgan fingerprint density at radius 3 is 2.59 bits per heavy atom. The first-order chi connectivity index (χ1) is 7.79. The molecule has 0 radical (unpaired) electrons. The number of hydrogen-bond acceptors (Lipinski definition) is 5. The van der Waals surface area contributed by atoms with Crippen LogP contribution in [0.5, 0.6) is 0 Å². The Bertz CT molecular complexity index is 352. The molecule has 0 aromatic heterocycles. The molecule has 8 nitrogen and oxygen atoms in total. The second kappa shape index (κ2) is 5.59. The lowest BCUT2D eigenvalue weighted by Gasteiger charge is -2.30. The van der Waals surface area contributed by atoms with Crippen molar-refractivity contribution in [2.75, 3.05) is 12.7 Å². The molecule has 0 aliphatic carbocycles. The summed E-state index contributed by atoms with van der Waals surface area (Å²) in [7, 11) is -4.43. The lowest BCUT2D eigenvalue weighted by Crippen LogP contribution is -2.47. The van der Waals surface area contributed by atoms with Crippen LogP contribution in [0.15, 0.2) is 0 Å². The summed E-state index contributed by atoms with van der Waals surface area (Å²) in [5.74, 6) is -1.52. The summed E-state index contributed by atoms with van der Waals surface area (Å²) in [5.41, 5.74) is 0. The number of carbonyl (C=O) groups excluding carboxylic acids is 1. The van der Waals surface area contributed by atoms with Crippen LogP contribution in [0, 0.1) is 5.92 Å². The van der Waals surface area contributed by atoms with Gasteiger partial charge >= 0.3 is 13.8 Å². The molecule has 2 atom stereocenters. The van der Waals surface area contributed by atoms with Gasteiger partial charge in [0.05, 0.1) is 5.92 Å². The summed E-state index contributed by atoms with van der Waals surface area (Å²) in [6.07, 6.45) is -2.47. The molecule has 17 heavy (non-hydrogen) atoms. The first-order valence-corrected chi connectivity index (χ1v) is 6.79. The van der Waals surface area contributed by atoms with Crippen molar-refractivity contribution in [1.82, 2.24) is 5.32 Å². The summed E-state index contributed by atoms with van der Waals surface area (Å²) in [4.78, 5) is 39.4. The third-order valence-corrected chi connectivity index (χ3v) is 3.13. The van der Waals surface area contributed by atoms with Crippen molar-refractivity contribution in [2.24, 2.45) is 5.92 Å². The zero-order valence-corrected chi connectivity index (χ0v) is 9.80. The number of ketones is 1. The second-order valence-electron chi connectivity index (χ2n) is 3.80. The molecule has 0 aromatic rings. The van der Waals surface area contributed by atoms with Gasteiger partial charge in [-0.1, -0.05) is 0 Å². The lowest BCUT2D eigenvalue weighted by atomic mass is 9.94. The van der Waals surface area contributed by atoms with E-state index in [0.29, 0.717) is 19.4 Å². The smallest absolute Gasteiger partial charge is 0.450 e. The molecule has 9 heteroatoms. The topological polar surface area (TPSA) is 133 Å². The lowest BCUT2D eigenvalue weighted by molar-refractivity contribution is -0.127. The fourth-order valence-electron chi connectivity index (χ4n) is 1.74. The van der Waals surface area contributed by atoms with Crippen LogP contribution in [-0.2, 0) is 14.1 Å². The van der Waals surface area contributed by atoms with Crippen LogP contribution < -0.4 is 5.32 Å². The van der Waals surface area contributed by atoms with Crippen molar-refractivity contribution in [3.05, 3.63) is 0 Å². The monoisotopic (exact) mass is 267 g/mol. The normalized spacial score (nSPS) is 25.3. The van der Waals surface area contributed by atoms with Gasteiger partial charge in [0.2, 0.25) is 0 Å². The first kappa shape index (κ1) is 14.1. The molecule has 0 aromatic carbocycles. The van der Waals surface area contributed by atoms with Gasteiger partial charge in [-0.05, 0) is 19.4 Å². The van der Waals surface area contributed by atoms with Crippen LogP contribution in [0.2, 0.25) is 0 Å². The molecule has 0 bridgehead atoms. The fourth-order valence-corrected chi connectivity index (χ4v) is 2.38. The van der Waals surface area contributed by atoms with Crippen molar-refractivity contribution in [3.8, 4) is 0 Å². The van der Waals surface area contributed by atoms with Crippen LogP contribution in [0.25, 0.3) is 0 Å². The number of nitrogens with one attached hydrogen (secondary N) is 1. The quantitative estimate of drug-likeness (QED) is 0.405. The summed E-state index contributed by atoms with van der Waals surface area (Å²) in [6.45, 7) is 0.498. The van der Waals surface area contributed by atoms with Gasteiger partial charge in [0.1, 0.15) is 6.16 Å². The van der Waals surface area contributed by atoms with Crippen LogP contribution in [0.1, 0.15) is 12.8 Å². The zero-order chi connectivity index (χ0) is 13.1. The van der Waals surface area contributed by atoms with Gasteiger partial charge in [-0.15, -0.1) is 0 Å². The van der Waals surface area contributed by atoms with Crippen LogP contribution in [-0.4, -0.2) is 45.8 Å². The van der Waals surface area contributed by atoms with E-state index in [1.165, 1.54) is 0 Å². The predicted molar refractivity (Wildman–Crippen MR) is 55.5 cm³/mol. The third-order valence-electron chi connectivity index (χ3n) is 2.41. The van der Waals surface area contributed by atoms with Gasteiger partial charge in [0.25, 0.3) is 0 Å². The number of carboxylic acid groups (broad SMARTS) is 1. The molecule has 0 unspecified atom stereocenters. The van der Waals surface area contributed by atoms with Crippen molar-refractivity contribution >= 4 is 19.5 Å². The van der Waals surface area contributed by atoms with Crippen molar-refractivity contribution in [2.45, 2.75) is 19.1 Å². The first-order valence-electron chi connectivity index (χ1n) is 5.00. The van der Waals surface area contributed by atoms with E-state index in [1.807, 2.05) is 0 Å². The van der Waals surface area contributed by atoms with Gasteiger partial charge in [-0.2, -0.15) is 0 Å². The summed E-state index contributed by atoms with van der Waals surface area (Å²) < 4.78 is 15.2. The third kappa shape index (κ3) is 4.82. The molecular weight excluding hydrogens is 253 g/mol. The average molecular weight is 267 g/mol. The number of hydrogen-bond donors (Lipinski definition) is 4. The maximum absolute atomic E-state index is 11.6. The Kier molecular flexibility index (Phi) is 4.64. The van der Waals surface area contributed by atoms with Gasteiger partial charge in [-0.3, -0.25) is 14.7 Å². The molecule has 0 saturated carbocycles. The average Bonchev–Trinajstić information content (AvgIpc) is 2.14. The Morgan fingerprint density at radius 2 is 2.06 bits per heavy atom. The number of rotatable bonds is 4. The highest BCUT2D eigenvalue weighted by Crippen LogP contribution is 2.36. The minimum atomic E-state index is -4.43. The molecule has 1 saturated heterocycles. The summed E-state index contributed by atoms with van der Waals surface area (Å²) in [5, 5.41) is 11.2. The van der Waals surface area contributed by atoms with Crippen molar-refractivity contribution < 1.29 is 33.8 Å². The van der Waals surface area contributed by atoms with E-state index in [4.69, 9.17) is 14.9 Å². The maximum Gasteiger partial charge on any atom is 0.507 e. The molecule has 0 amide bonds. The Hall–Kier alpha value is -0.950. The van der Waals surface area contributed by atoms with Crippen LogP contribution >= 0.6 is 7.60 Å². The molecule has 4 N–H and O–H groups in total.